The zero-order chi connectivity index (χ0) is 20.9. The van der Waals surface area contributed by atoms with Crippen LogP contribution in [-0.4, -0.2) is 43.1 Å². The minimum atomic E-state index is -0.525. The van der Waals surface area contributed by atoms with Crippen LogP contribution in [0.3, 0.4) is 0 Å². The third kappa shape index (κ3) is 4.56. The highest BCUT2D eigenvalue weighted by atomic mass is 16.6. The van der Waals surface area contributed by atoms with Crippen LogP contribution in [0, 0.1) is 0 Å². The van der Waals surface area contributed by atoms with Gasteiger partial charge in [-0.1, -0.05) is 18.2 Å². The number of hydrogen-bond donors (Lipinski definition) is 1. The Morgan fingerprint density at radius 2 is 1.87 bits per heavy atom. The van der Waals surface area contributed by atoms with Gasteiger partial charge in [-0.25, -0.2) is 0 Å². The Morgan fingerprint density at radius 3 is 2.63 bits per heavy atom. The third-order valence-corrected chi connectivity index (χ3v) is 5.17. The molecule has 2 aromatic rings. The van der Waals surface area contributed by atoms with Gasteiger partial charge in [0.25, 0.3) is 5.91 Å². The van der Waals surface area contributed by atoms with Crippen molar-refractivity contribution in [1.82, 2.24) is 4.90 Å². The summed E-state index contributed by atoms with van der Waals surface area (Å²) in [7, 11) is 0. The van der Waals surface area contributed by atoms with Crippen molar-refractivity contribution in [2.24, 2.45) is 5.73 Å². The maximum absolute atomic E-state index is 12.8. The van der Waals surface area contributed by atoms with Gasteiger partial charge in [0.1, 0.15) is 19.0 Å². The van der Waals surface area contributed by atoms with Crippen LogP contribution in [0.1, 0.15) is 30.0 Å². The molecule has 0 saturated carbocycles. The molecule has 4 rings (SSSR count). The van der Waals surface area contributed by atoms with Gasteiger partial charge in [-0.05, 0) is 54.3 Å². The number of nitrogens with zero attached hydrogens (tertiary/aromatic N) is 1. The van der Waals surface area contributed by atoms with Crippen LogP contribution in [0.5, 0.6) is 17.2 Å². The lowest BCUT2D eigenvalue weighted by molar-refractivity contribution is -0.126. The van der Waals surface area contributed by atoms with Crippen molar-refractivity contribution in [2.45, 2.75) is 18.9 Å². The van der Waals surface area contributed by atoms with Gasteiger partial charge >= 0.3 is 0 Å². The Bertz CT molecular complexity index is 955. The minimum Gasteiger partial charge on any atom is -0.486 e. The van der Waals surface area contributed by atoms with Crippen LogP contribution in [0.4, 0.5) is 0 Å². The van der Waals surface area contributed by atoms with Gasteiger partial charge in [-0.15, -0.1) is 0 Å². The summed E-state index contributed by atoms with van der Waals surface area (Å²) in [5.74, 6) is 1.50. The molecule has 0 aromatic heterocycles. The number of carbonyl (C=O) groups excluding carboxylic acids is 2. The molecule has 1 atom stereocenters. The number of likely N-dealkylation sites (tertiary alicyclic amines) is 1. The number of hydrogen-bond acceptors (Lipinski definition) is 5. The summed E-state index contributed by atoms with van der Waals surface area (Å²) >= 11 is 0. The topological polar surface area (TPSA) is 91.1 Å². The molecule has 0 bridgehead atoms. The average Bonchev–Trinajstić information content (AvgIpc) is 3.26. The highest BCUT2D eigenvalue weighted by Crippen LogP contribution is 2.38. The van der Waals surface area contributed by atoms with E-state index in [9.17, 15) is 9.59 Å². The quantitative estimate of drug-likeness (QED) is 0.742. The molecule has 0 radical (unpaired) electrons. The van der Waals surface area contributed by atoms with E-state index in [2.05, 4.69) is 0 Å². The first-order valence-electron chi connectivity index (χ1n) is 9.99. The van der Waals surface area contributed by atoms with Crippen LogP contribution in [0.2, 0.25) is 0 Å². The van der Waals surface area contributed by atoms with Gasteiger partial charge < -0.3 is 24.8 Å². The van der Waals surface area contributed by atoms with E-state index in [-0.39, 0.29) is 18.6 Å². The highest BCUT2D eigenvalue weighted by molar-refractivity contribution is 5.92. The summed E-state index contributed by atoms with van der Waals surface area (Å²) in [5.41, 5.74) is 7.00. The number of carbonyl (C=O) groups is 2. The second kappa shape index (κ2) is 8.90. The summed E-state index contributed by atoms with van der Waals surface area (Å²) in [6, 6.07) is 13.1. The molecular weight excluding hydrogens is 384 g/mol. The lowest BCUT2D eigenvalue weighted by atomic mass is 10.0. The van der Waals surface area contributed by atoms with Crippen molar-refractivity contribution in [2.75, 3.05) is 26.4 Å². The van der Waals surface area contributed by atoms with Crippen molar-refractivity contribution in [1.29, 1.82) is 0 Å². The van der Waals surface area contributed by atoms with E-state index in [0.29, 0.717) is 19.0 Å². The standard InChI is InChI=1S/C23H24N2O5/c24-22(26)15-30-18-7-3-16(4-8-18)5-10-23(27)25-11-1-2-19(25)17-6-9-20-21(14-17)29-13-12-28-20/h3-10,14,19H,1-2,11-13,15H2,(H2,24,26)/b10-5+/t19-/m0/s1. The van der Waals surface area contributed by atoms with Gasteiger partial charge in [0.2, 0.25) is 5.91 Å². The molecule has 30 heavy (non-hydrogen) atoms. The third-order valence-electron chi connectivity index (χ3n) is 5.17. The smallest absolute Gasteiger partial charge is 0.255 e. The van der Waals surface area contributed by atoms with Crippen LogP contribution in [-0.2, 0) is 9.59 Å². The molecular formula is C23H24N2O5. The molecule has 0 spiro atoms. The fourth-order valence-electron chi connectivity index (χ4n) is 3.74. The number of fused-ring (bicyclic) bond motifs is 1. The fraction of sp³-hybridized carbons (Fsp3) is 0.304. The molecule has 1 fully saturated rings. The van der Waals surface area contributed by atoms with E-state index < -0.39 is 5.91 Å². The lowest BCUT2D eigenvalue weighted by Gasteiger charge is -2.26. The maximum atomic E-state index is 12.8. The molecule has 7 heteroatoms. The maximum Gasteiger partial charge on any atom is 0.255 e. The molecule has 7 nitrogen and oxygen atoms in total. The predicted molar refractivity (Wildman–Crippen MR) is 111 cm³/mol. The summed E-state index contributed by atoms with van der Waals surface area (Å²) in [4.78, 5) is 25.5. The molecule has 0 aliphatic carbocycles. The van der Waals surface area contributed by atoms with Gasteiger partial charge in [-0.3, -0.25) is 9.59 Å². The second-order valence-electron chi connectivity index (χ2n) is 7.25. The largest absolute Gasteiger partial charge is 0.486 e. The van der Waals surface area contributed by atoms with E-state index in [4.69, 9.17) is 19.9 Å². The normalized spacial score (nSPS) is 17.9. The number of ether oxygens (including phenoxy) is 3. The number of nitrogens with two attached hydrogens (primary N) is 1. The van der Waals surface area contributed by atoms with E-state index in [1.165, 1.54) is 0 Å². The number of rotatable bonds is 6. The summed E-state index contributed by atoms with van der Waals surface area (Å²) in [6.07, 6.45) is 5.25. The zero-order valence-corrected chi connectivity index (χ0v) is 16.6. The van der Waals surface area contributed by atoms with Crippen LogP contribution >= 0.6 is 0 Å². The predicted octanol–water partition coefficient (Wildman–Crippen LogP) is 2.70. The molecule has 156 valence electrons. The Morgan fingerprint density at radius 1 is 1.10 bits per heavy atom. The monoisotopic (exact) mass is 408 g/mol. The van der Waals surface area contributed by atoms with E-state index in [1.54, 1.807) is 24.3 Å². The fourth-order valence-corrected chi connectivity index (χ4v) is 3.74. The highest BCUT2D eigenvalue weighted by Gasteiger charge is 2.29. The second-order valence-corrected chi connectivity index (χ2v) is 7.25. The van der Waals surface area contributed by atoms with Gasteiger partial charge in [-0.2, -0.15) is 0 Å². The van der Waals surface area contributed by atoms with Gasteiger partial charge in [0.15, 0.2) is 18.1 Å². The molecule has 0 unspecified atom stereocenters. The molecule has 2 amide bonds. The SMILES string of the molecule is NC(=O)COc1ccc(/C=C/C(=O)N2CCC[C@H]2c2ccc3c(c2)OCCO3)cc1. The zero-order valence-electron chi connectivity index (χ0n) is 16.6. The Kier molecular flexibility index (Phi) is 5.88. The first-order chi connectivity index (χ1) is 14.6. The molecule has 2 N–H and O–H groups in total. The molecule has 2 aliphatic heterocycles. The number of primary amides is 1. The average molecular weight is 408 g/mol. The van der Waals surface area contributed by atoms with Gasteiger partial charge in [0.05, 0.1) is 6.04 Å². The van der Waals surface area contributed by atoms with Crippen molar-refractivity contribution < 1.29 is 23.8 Å². The van der Waals surface area contributed by atoms with Gasteiger partial charge in [0, 0.05) is 12.6 Å². The molecule has 2 aliphatic rings. The molecule has 1 saturated heterocycles. The van der Waals surface area contributed by atoms with E-state index >= 15 is 0 Å². The van der Waals surface area contributed by atoms with Crippen molar-refractivity contribution >= 4 is 17.9 Å². The first kappa shape index (κ1) is 19.8. The Hall–Kier alpha value is -3.48. The number of benzene rings is 2. The number of amides is 2. The van der Waals surface area contributed by atoms with E-state index in [0.717, 1.165) is 42.0 Å². The van der Waals surface area contributed by atoms with Crippen molar-refractivity contribution in [3.8, 4) is 17.2 Å². The summed E-state index contributed by atoms with van der Waals surface area (Å²) < 4.78 is 16.5. The lowest BCUT2D eigenvalue weighted by Crippen LogP contribution is -2.29. The Labute approximate surface area is 175 Å². The molecule has 2 heterocycles. The van der Waals surface area contributed by atoms with Crippen molar-refractivity contribution in [3.63, 3.8) is 0 Å². The van der Waals surface area contributed by atoms with Crippen molar-refractivity contribution in [3.05, 3.63) is 59.7 Å². The van der Waals surface area contributed by atoms with Crippen LogP contribution in [0.25, 0.3) is 6.08 Å². The molecule has 2 aromatic carbocycles. The van der Waals surface area contributed by atoms with E-state index in [1.807, 2.05) is 35.2 Å². The summed E-state index contributed by atoms with van der Waals surface area (Å²) in [6.45, 7) is 1.66. The minimum absolute atomic E-state index is 0.0264. The summed E-state index contributed by atoms with van der Waals surface area (Å²) in [5, 5.41) is 0. The van der Waals surface area contributed by atoms with Crippen LogP contribution in [0.15, 0.2) is 48.5 Å². The first-order valence-corrected chi connectivity index (χ1v) is 9.99. The van der Waals surface area contributed by atoms with Crippen LogP contribution < -0.4 is 19.9 Å². The Balaban J connectivity index is 1.42.